The largest absolute Gasteiger partial charge is 0.458 e. The van der Waals surface area contributed by atoms with Crippen molar-refractivity contribution in [1.82, 2.24) is 15.0 Å². The summed E-state index contributed by atoms with van der Waals surface area (Å²) < 4.78 is 32.8. The monoisotopic (exact) mass is 535 g/mol. The Morgan fingerprint density at radius 2 is 1.53 bits per heavy atom. The number of ether oxygens (including phenoxy) is 1. The Labute approximate surface area is 221 Å². The summed E-state index contributed by atoms with van der Waals surface area (Å²) in [6.07, 6.45) is 6.49. The van der Waals surface area contributed by atoms with Gasteiger partial charge in [0.25, 0.3) is 21.8 Å². The number of aromatic nitrogens is 1. The fourth-order valence-corrected chi connectivity index (χ4v) is 5.11. The van der Waals surface area contributed by atoms with E-state index in [1.807, 2.05) is 35.1 Å². The standard InChI is InChI=1S/C28H29N3O6S/c32-26(29-18-17-20-7-3-1-4-8-20)21-11-14-24(15-12-21)38(35,36)31-27(33)22-13-16-25(30-19-22)28(34)37-23-9-5-2-6-10-23/h1,3-4,7-8,11-16,19,23H,2,5-6,9-10,17-18H2,(H,29,32)(H,31,33). The van der Waals surface area contributed by atoms with Crippen molar-refractivity contribution < 1.29 is 27.5 Å². The van der Waals surface area contributed by atoms with Crippen molar-refractivity contribution in [3.63, 3.8) is 0 Å². The van der Waals surface area contributed by atoms with Crippen molar-refractivity contribution in [3.05, 3.63) is 95.3 Å². The van der Waals surface area contributed by atoms with E-state index >= 15 is 0 Å². The normalized spacial score (nSPS) is 13.9. The molecule has 1 aliphatic carbocycles. The molecule has 198 valence electrons. The van der Waals surface area contributed by atoms with E-state index < -0.39 is 21.9 Å². The molecule has 0 saturated heterocycles. The van der Waals surface area contributed by atoms with Crippen LogP contribution < -0.4 is 10.0 Å². The maximum Gasteiger partial charge on any atom is 0.357 e. The molecule has 9 nitrogen and oxygen atoms in total. The van der Waals surface area contributed by atoms with Crippen LogP contribution in [0, 0.1) is 0 Å². The quantitative estimate of drug-likeness (QED) is 0.400. The summed E-state index contributed by atoms with van der Waals surface area (Å²) in [4.78, 5) is 41.0. The minimum atomic E-state index is -4.20. The fourth-order valence-electron chi connectivity index (χ4n) is 4.14. The van der Waals surface area contributed by atoms with Crippen LogP contribution in [0.5, 0.6) is 0 Å². The molecular formula is C28H29N3O6S. The predicted octanol–water partition coefficient (Wildman–Crippen LogP) is 3.66. The van der Waals surface area contributed by atoms with Gasteiger partial charge in [0.15, 0.2) is 0 Å². The lowest BCUT2D eigenvalue weighted by Gasteiger charge is -2.21. The van der Waals surface area contributed by atoms with Gasteiger partial charge >= 0.3 is 5.97 Å². The number of benzene rings is 2. The minimum absolute atomic E-state index is 0.0304. The summed E-state index contributed by atoms with van der Waals surface area (Å²) in [5, 5.41) is 2.80. The molecule has 0 radical (unpaired) electrons. The lowest BCUT2D eigenvalue weighted by Crippen LogP contribution is -2.31. The maximum absolute atomic E-state index is 12.7. The van der Waals surface area contributed by atoms with Crippen LogP contribution in [0.1, 0.15) is 68.9 Å². The predicted molar refractivity (Wildman–Crippen MR) is 140 cm³/mol. The molecule has 38 heavy (non-hydrogen) atoms. The molecule has 1 heterocycles. The first-order valence-corrected chi connectivity index (χ1v) is 14.0. The second-order valence-electron chi connectivity index (χ2n) is 9.05. The van der Waals surface area contributed by atoms with E-state index in [1.165, 1.54) is 36.4 Å². The first-order chi connectivity index (χ1) is 18.3. The Morgan fingerprint density at radius 1 is 0.842 bits per heavy atom. The molecule has 0 aliphatic heterocycles. The molecule has 0 atom stereocenters. The summed E-state index contributed by atoms with van der Waals surface area (Å²) >= 11 is 0. The zero-order valence-electron chi connectivity index (χ0n) is 20.8. The number of nitrogens with one attached hydrogen (secondary N) is 2. The second kappa shape index (κ2) is 12.5. The van der Waals surface area contributed by atoms with Crippen molar-refractivity contribution in [2.45, 2.75) is 49.5 Å². The highest BCUT2D eigenvalue weighted by molar-refractivity contribution is 7.90. The summed E-state index contributed by atoms with van der Waals surface area (Å²) in [7, 11) is -4.20. The van der Waals surface area contributed by atoms with Gasteiger partial charge in [-0.05, 0) is 74.1 Å². The van der Waals surface area contributed by atoms with E-state index in [0.29, 0.717) is 18.5 Å². The highest BCUT2D eigenvalue weighted by Gasteiger charge is 2.22. The fraction of sp³-hybridized carbons (Fsp3) is 0.286. The molecule has 2 aromatic carbocycles. The summed E-state index contributed by atoms with van der Waals surface area (Å²) in [6, 6.07) is 17.6. The molecule has 2 amide bonds. The van der Waals surface area contributed by atoms with Crippen molar-refractivity contribution in [2.75, 3.05) is 6.54 Å². The van der Waals surface area contributed by atoms with Crippen molar-refractivity contribution in [1.29, 1.82) is 0 Å². The van der Waals surface area contributed by atoms with Crippen LogP contribution in [-0.2, 0) is 21.2 Å². The maximum atomic E-state index is 12.7. The number of hydrogen-bond acceptors (Lipinski definition) is 7. The average molecular weight is 536 g/mol. The van der Waals surface area contributed by atoms with Crippen LogP contribution in [0.15, 0.2) is 77.8 Å². The van der Waals surface area contributed by atoms with Crippen molar-refractivity contribution in [3.8, 4) is 0 Å². The van der Waals surface area contributed by atoms with Gasteiger partial charge in [-0.15, -0.1) is 0 Å². The first kappa shape index (κ1) is 27.0. The molecule has 2 N–H and O–H groups in total. The number of esters is 1. The van der Waals surface area contributed by atoms with Gasteiger partial charge in [0.1, 0.15) is 11.8 Å². The zero-order valence-corrected chi connectivity index (χ0v) is 21.6. The van der Waals surface area contributed by atoms with Gasteiger partial charge in [0.05, 0.1) is 10.5 Å². The average Bonchev–Trinajstić information content (AvgIpc) is 2.94. The third kappa shape index (κ3) is 7.25. The van der Waals surface area contributed by atoms with E-state index in [9.17, 15) is 22.8 Å². The number of hydrogen-bond donors (Lipinski definition) is 2. The highest BCUT2D eigenvalue weighted by atomic mass is 32.2. The van der Waals surface area contributed by atoms with Crippen LogP contribution in [0.3, 0.4) is 0 Å². The number of nitrogens with zero attached hydrogens (tertiary/aromatic N) is 1. The van der Waals surface area contributed by atoms with E-state index in [0.717, 1.165) is 43.9 Å². The Hall–Kier alpha value is -4.05. The van der Waals surface area contributed by atoms with Gasteiger partial charge in [-0.25, -0.2) is 22.9 Å². The van der Waals surface area contributed by atoms with Crippen molar-refractivity contribution in [2.24, 2.45) is 0 Å². The van der Waals surface area contributed by atoms with Crippen LogP contribution in [0.25, 0.3) is 0 Å². The molecule has 10 heteroatoms. The number of carbonyl (C=O) groups is 3. The Balaban J connectivity index is 1.30. The topological polar surface area (TPSA) is 132 Å². The van der Waals surface area contributed by atoms with E-state index in [-0.39, 0.29) is 28.2 Å². The molecule has 1 fully saturated rings. The van der Waals surface area contributed by atoms with Gasteiger partial charge in [-0.3, -0.25) is 9.59 Å². The number of carbonyl (C=O) groups excluding carboxylic acids is 3. The van der Waals surface area contributed by atoms with Crippen LogP contribution in [0.4, 0.5) is 0 Å². The molecule has 1 saturated carbocycles. The van der Waals surface area contributed by atoms with E-state index in [2.05, 4.69) is 10.3 Å². The van der Waals surface area contributed by atoms with Gasteiger partial charge in [-0.2, -0.15) is 0 Å². The minimum Gasteiger partial charge on any atom is -0.458 e. The number of pyridine rings is 1. The van der Waals surface area contributed by atoms with Crippen LogP contribution in [-0.4, -0.2) is 43.8 Å². The SMILES string of the molecule is O=C(NCCc1ccccc1)c1ccc(S(=O)(=O)NC(=O)c2ccc(C(=O)OC3CCCCC3)nc2)cc1. The van der Waals surface area contributed by atoms with Gasteiger partial charge in [0, 0.05) is 18.3 Å². The molecule has 4 rings (SSSR count). The molecule has 0 bridgehead atoms. The Morgan fingerprint density at radius 3 is 2.18 bits per heavy atom. The number of amides is 2. The molecule has 0 spiro atoms. The van der Waals surface area contributed by atoms with Crippen LogP contribution in [0.2, 0.25) is 0 Å². The van der Waals surface area contributed by atoms with Gasteiger partial charge in [-0.1, -0.05) is 36.8 Å². The molecule has 3 aromatic rings. The second-order valence-corrected chi connectivity index (χ2v) is 10.7. The third-order valence-electron chi connectivity index (χ3n) is 6.26. The third-order valence-corrected chi connectivity index (χ3v) is 7.60. The number of rotatable bonds is 9. The highest BCUT2D eigenvalue weighted by Crippen LogP contribution is 2.21. The molecule has 0 unspecified atom stereocenters. The lowest BCUT2D eigenvalue weighted by atomic mass is 9.98. The van der Waals surface area contributed by atoms with Crippen molar-refractivity contribution >= 4 is 27.8 Å². The summed E-state index contributed by atoms with van der Waals surface area (Å²) in [6.45, 7) is 0.435. The zero-order chi connectivity index (χ0) is 27.0. The molecule has 1 aromatic heterocycles. The summed E-state index contributed by atoms with van der Waals surface area (Å²) in [5.74, 6) is -1.80. The van der Waals surface area contributed by atoms with Gasteiger partial charge in [0.2, 0.25) is 0 Å². The smallest absolute Gasteiger partial charge is 0.357 e. The van der Waals surface area contributed by atoms with Gasteiger partial charge < -0.3 is 10.1 Å². The Bertz CT molecular complexity index is 1370. The Kier molecular flexibility index (Phi) is 8.85. The molecular weight excluding hydrogens is 506 g/mol. The first-order valence-electron chi connectivity index (χ1n) is 12.5. The lowest BCUT2D eigenvalue weighted by molar-refractivity contribution is 0.0204. The number of sulfonamides is 1. The summed E-state index contributed by atoms with van der Waals surface area (Å²) in [5.41, 5.74) is 1.40. The van der Waals surface area contributed by atoms with E-state index in [1.54, 1.807) is 0 Å². The van der Waals surface area contributed by atoms with E-state index in [4.69, 9.17) is 4.74 Å². The van der Waals surface area contributed by atoms with Crippen LogP contribution >= 0.6 is 0 Å². The molecule has 1 aliphatic rings.